The van der Waals surface area contributed by atoms with Crippen LogP contribution >= 0.6 is 0 Å². The van der Waals surface area contributed by atoms with Crippen molar-refractivity contribution in [3.8, 4) is 22.9 Å². The molecule has 164 valence electrons. The minimum atomic E-state index is 0.475. The Labute approximate surface area is 182 Å². The highest BCUT2D eigenvalue weighted by molar-refractivity contribution is 5.79. The number of benzene rings is 2. The zero-order chi connectivity index (χ0) is 22.1. The van der Waals surface area contributed by atoms with E-state index < -0.39 is 0 Å². The lowest BCUT2D eigenvalue weighted by atomic mass is 10.2. The molecule has 0 spiro atoms. The number of ether oxygens (including phenoxy) is 3. The average Bonchev–Trinajstić information content (AvgIpc) is 3.30. The third-order valence-electron chi connectivity index (χ3n) is 4.66. The summed E-state index contributed by atoms with van der Waals surface area (Å²) in [7, 11) is 4.93. The van der Waals surface area contributed by atoms with Crippen molar-refractivity contribution < 1.29 is 14.2 Å². The number of aliphatic imine (C=N–C) groups is 1. The van der Waals surface area contributed by atoms with Crippen molar-refractivity contribution in [2.75, 3.05) is 27.9 Å². The van der Waals surface area contributed by atoms with Crippen molar-refractivity contribution in [3.05, 3.63) is 66.0 Å². The largest absolute Gasteiger partial charge is 0.497 e. The molecule has 0 atom stereocenters. The summed E-state index contributed by atoms with van der Waals surface area (Å²) in [5.41, 5.74) is 2.85. The number of aromatic nitrogens is 2. The normalized spacial score (nSPS) is 11.2. The molecule has 0 radical (unpaired) electrons. The summed E-state index contributed by atoms with van der Waals surface area (Å²) in [6.45, 7) is 3.81. The Morgan fingerprint density at radius 2 is 1.68 bits per heavy atom. The summed E-state index contributed by atoms with van der Waals surface area (Å²) in [6, 6.07) is 15.5. The van der Waals surface area contributed by atoms with Gasteiger partial charge in [0.1, 0.15) is 17.2 Å². The Morgan fingerprint density at radius 3 is 2.35 bits per heavy atom. The van der Waals surface area contributed by atoms with E-state index in [-0.39, 0.29) is 0 Å². The van der Waals surface area contributed by atoms with Crippen LogP contribution in [0.15, 0.2) is 59.7 Å². The van der Waals surface area contributed by atoms with E-state index >= 15 is 0 Å². The molecule has 0 bridgehead atoms. The number of methoxy groups -OCH3 is 3. The van der Waals surface area contributed by atoms with Crippen LogP contribution in [-0.2, 0) is 13.1 Å². The second-order valence-electron chi connectivity index (χ2n) is 6.68. The zero-order valence-corrected chi connectivity index (χ0v) is 18.4. The summed E-state index contributed by atoms with van der Waals surface area (Å²) < 4.78 is 17.8. The minimum absolute atomic E-state index is 0.475. The molecule has 8 heteroatoms. The molecule has 2 aromatic carbocycles. The average molecular weight is 424 g/mol. The third kappa shape index (κ3) is 5.91. The van der Waals surface area contributed by atoms with E-state index in [2.05, 4.69) is 20.7 Å². The fraction of sp³-hybridized carbons (Fsp3) is 0.304. The molecular formula is C23H29N5O3. The van der Waals surface area contributed by atoms with E-state index in [9.17, 15) is 0 Å². The van der Waals surface area contributed by atoms with Gasteiger partial charge in [-0.1, -0.05) is 0 Å². The van der Waals surface area contributed by atoms with E-state index in [4.69, 9.17) is 14.2 Å². The fourth-order valence-electron chi connectivity index (χ4n) is 3.00. The SMILES string of the molecule is CCNC(=NCc1ccc(OC)cc1OC)NCc1ccn(-c2ccc(OC)cc2)n1. The first-order chi connectivity index (χ1) is 15.2. The lowest BCUT2D eigenvalue weighted by Gasteiger charge is -2.12. The smallest absolute Gasteiger partial charge is 0.191 e. The Balaban J connectivity index is 1.65. The minimum Gasteiger partial charge on any atom is -0.497 e. The molecule has 3 aromatic rings. The van der Waals surface area contributed by atoms with Crippen molar-refractivity contribution in [3.63, 3.8) is 0 Å². The van der Waals surface area contributed by atoms with Gasteiger partial charge in [-0.2, -0.15) is 5.10 Å². The van der Waals surface area contributed by atoms with Gasteiger partial charge in [-0.05, 0) is 49.4 Å². The van der Waals surface area contributed by atoms with Gasteiger partial charge in [0.25, 0.3) is 0 Å². The van der Waals surface area contributed by atoms with E-state index in [1.807, 2.05) is 66.3 Å². The van der Waals surface area contributed by atoms with Crippen LogP contribution in [0.5, 0.6) is 17.2 Å². The summed E-state index contributed by atoms with van der Waals surface area (Å²) in [5, 5.41) is 11.2. The molecule has 2 N–H and O–H groups in total. The summed E-state index contributed by atoms with van der Waals surface area (Å²) in [5.74, 6) is 3.02. The Hall–Kier alpha value is -3.68. The van der Waals surface area contributed by atoms with Gasteiger partial charge in [-0.3, -0.25) is 0 Å². The highest BCUT2D eigenvalue weighted by Crippen LogP contribution is 2.25. The number of hydrogen-bond acceptors (Lipinski definition) is 5. The zero-order valence-electron chi connectivity index (χ0n) is 18.4. The van der Waals surface area contributed by atoms with Crippen molar-refractivity contribution >= 4 is 5.96 Å². The first kappa shape index (κ1) is 22.0. The van der Waals surface area contributed by atoms with Crippen LogP contribution in [0.1, 0.15) is 18.2 Å². The molecule has 0 saturated carbocycles. The Bertz CT molecular complexity index is 999. The summed E-state index contributed by atoms with van der Waals surface area (Å²) in [6.07, 6.45) is 1.94. The van der Waals surface area contributed by atoms with Crippen LogP contribution < -0.4 is 24.8 Å². The van der Waals surface area contributed by atoms with Crippen LogP contribution in [0.25, 0.3) is 5.69 Å². The summed E-state index contributed by atoms with van der Waals surface area (Å²) >= 11 is 0. The molecule has 1 heterocycles. The van der Waals surface area contributed by atoms with E-state index in [0.717, 1.165) is 40.7 Å². The Morgan fingerprint density at radius 1 is 0.935 bits per heavy atom. The molecule has 0 saturated heterocycles. The number of nitrogens with one attached hydrogen (secondary N) is 2. The monoisotopic (exact) mass is 423 g/mol. The van der Waals surface area contributed by atoms with Crippen LogP contribution in [0.3, 0.4) is 0 Å². The van der Waals surface area contributed by atoms with Crippen LogP contribution in [0, 0.1) is 0 Å². The van der Waals surface area contributed by atoms with Gasteiger partial charge in [0.2, 0.25) is 0 Å². The highest BCUT2D eigenvalue weighted by Gasteiger charge is 2.07. The number of guanidine groups is 1. The van der Waals surface area contributed by atoms with Gasteiger partial charge >= 0.3 is 0 Å². The van der Waals surface area contributed by atoms with Gasteiger partial charge in [0.05, 0.1) is 45.8 Å². The highest BCUT2D eigenvalue weighted by atomic mass is 16.5. The summed E-state index contributed by atoms with van der Waals surface area (Å²) in [4.78, 5) is 4.67. The molecule has 0 aliphatic carbocycles. The van der Waals surface area contributed by atoms with Crippen molar-refractivity contribution in [2.24, 2.45) is 4.99 Å². The van der Waals surface area contributed by atoms with Gasteiger partial charge in [-0.15, -0.1) is 0 Å². The predicted molar refractivity (Wildman–Crippen MR) is 121 cm³/mol. The number of nitrogens with zero attached hydrogens (tertiary/aromatic N) is 3. The molecule has 0 amide bonds. The standard InChI is InChI=1S/C23H29N5O3/c1-5-24-23(25-15-17-6-9-21(30-3)14-22(17)31-4)26-16-18-12-13-28(27-18)19-7-10-20(29-2)11-8-19/h6-14H,5,15-16H2,1-4H3,(H2,24,25,26). The molecule has 0 unspecified atom stereocenters. The van der Waals surface area contributed by atoms with E-state index in [1.165, 1.54) is 0 Å². The lowest BCUT2D eigenvalue weighted by molar-refractivity contribution is 0.391. The molecule has 31 heavy (non-hydrogen) atoms. The second-order valence-corrected chi connectivity index (χ2v) is 6.68. The van der Waals surface area contributed by atoms with Crippen molar-refractivity contribution in [1.82, 2.24) is 20.4 Å². The second kappa shape index (κ2) is 10.9. The maximum Gasteiger partial charge on any atom is 0.191 e. The molecule has 0 aliphatic rings. The van der Waals surface area contributed by atoms with E-state index in [0.29, 0.717) is 19.0 Å². The van der Waals surface area contributed by atoms with Crippen LogP contribution in [0.2, 0.25) is 0 Å². The topological polar surface area (TPSA) is 81.9 Å². The van der Waals surface area contributed by atoms with Gasteiger partial charge in [0.15, 0.2) is 5.96 Å². The molecule has 0 aliphatic heterocycles. The molecular weight excluding hydrogens is 394 g/mol. The Kier molecular flexibility index (Phi) is 7.75. The van der Waals surface area contributed by atoms with Crippen molar-refractivity contribution in [1.29, 1.82) is 0 Å². The van der Waals surface area contributed by atoms with Crippen molar-refractivity contribution in [2.45, 2.75) is 20.0 Å². The molecule has 1 aromatic heterocycles. The quantitative estimate of drug-likeness (QED) is 0.406. The molecule has 0 fully saturated rings. The van der Waals surface area contributed by atoms with Crippen LogP contribution in [0.4, 0.5) is 0 Å². The first-order valence-corrected chi connectivity index (χ1v) is 10.1. The maximum absolute atomic E-state index is 5.46. The van der Waals surface area contributed by atoms with Crippen LogP contribution in [-0.4, -0.2) is 43.6 Å². The number of hydrogen-bond donors (Lipinski definition) is 2. The maximum atomic E-state index is 5.46. The fourth-order valence-corrected chi connectivity index (χ4v) is 3.00. The van der Waals surface area contributed by atoms with E-state index in [1.54, 1.807) is 21.3 Å². The molecule has 8 nitrogen and oxygen atoms in total. The third-order valence-corrected chi connectivity index (χ3v) is 4.66. The van der Waals surface area contributed by atoms with Gasteiger partial charge in [0, 0.05) is 24.4 Å². The lowest BCUT2D eigenvalue weighted by Crippen LogP contribution is -2.36. The molecule has 3 rings (SSSR count). The van der Waals surface area contributed by atoms with Gasteiger partial charge < -0.3 is 24.8 Å². The predicted octanol–water partition coefficient (Wildman–Crippen LogP) is 3.15. The number of rotatable bonds is 9. The van der Waals surface area contributed by atoms with Gasteiger partial charge in [-0.25, -0.2) is 9.67 Å². The first-order valence-electron chi connectivity index (χ1n) is 10.1.